The van der Waals surface area contributed by atoms with Crippen LogP contribution in [0.3, 0.4) is 0 Å². The molecule has 1 aromatic rings. The highest BCUT2D eigenvalue weighted by Gasteiger charge is 2.25. The Balaban J connectivity index is 2.49. The zero-order valence-corrected chi connectivity index (χ0v) is 15.5. The predicted molar refractivity (Wildman–Crippen MR) is 94.6 cm³/mol. The molecule has 26 heavy (non-hydrogen) atoms. The number of carbonyl (C=O) groups is 3. The highest BCUT2D eigenvalue weighted by molar-refractivity contribution is 5.83. The number of phenolic OH excluding ortho intramolecular Hbond substituents is 1. The van der Waals surface area contributed by atoms with Crippen LogP contribution < -0.4 is 10.6 Å². The third-order valence-corrected chi connectivity index (χ3v) is 3.26. The minimum atomic E-state index is -1.05. The summed E-state index contributed by atoms with van der Waals surface area (Å²) in [4.78, 5) is 35.5. The monoisotopic (exact) mass is 366 g/mol. The third kappa shape index (κ3) is 8.36. The first kappa shape index (κ1) is 21.3. The maximum atomic E-state index is 12.0. The van der Waals surface area contributed by atoms with Gasteiger partial charge in [-0.25, -0.2) is 9.59 Å². The van der Waals surface area contributed by atoms with Crippen LogP contribution in [-0.2, 0) is 25.5 Å². The van der Waals surface area contributed by atoms with Gasteiger partial charge in [0.05, 0.1) is 7.11 Å². The number of aryl methyl sites for hydroxylation is 1. The van der Waals surface area contributed by atoms with Crippen molar-refractivity contribution in [2.45, 2.75) is 45.3 Å². The van der Waals surface area contributed by atoms with E-state index in [0.717, 1.165) is 5.56 Å². The Bertz CT molecular complexity index is 622. The second-order valence-electron chi connectivity index (χ2n) is 6.69. The number of carbonyl (C=O) groups excluding carboxylic acids is 3. The predicted octanol–water partition coefficient (Wildman–Crippen LogP) is 1.51. The highest BCUT2D eigenvalue weighted by Crippen LogP contribution is 2.11. The van der Waals surface area contributed by atoms with Crippen molar-refractivity contribution in [1.82, 2.24) is 10.6 Å². The zero-order chi connectivity index (χ0) is 19.7. The SMILES string of the molecule is COC(=O)C(CNC(=O)CCc1ccc(O)cc1)NC(=O)OC(C)(C)C. The van der Waals surface area contributed by atoms with E-state index < -0.39 is 23.7 Å². The lowest BCUT2D eigenvalue weighted by Crippen LogP contribution is -2.50. The smallest absolute Gasteiger partial charge is 0.408 e. The number of phenols is 1. The van der Waals surface area contributed by atoms with E-state index in [1.54, 1.807) is 45.0 Å². The average molecular weight is 366 g/mol. The molecule has 0 aliphatic heterocycles. The second kappa shape index (κ2) is 9.65. The first-order chi connectivity index (χ1) is 12.1. The molecule has 0 radical (unpaired) electrons. The number of esters is 1. The van der Waals surface area contributed by atoms with E-state index in [2.05, 4.69) is 15.4 Å². The normalized spacial score (nSPS) is 12.0. The van der Waals surface area contributed by atoms with Gasteiger partial charge in [-0.1, -0.05) is 12.1 Å². The molecule has 1 unspecified atom stereocenters. The summed E-state index contributed by atoms with van der Waals surface area (Å²) in [5, 5.41) is 14.2. The van der Waals surface area contributed by atoms with Crippen LogP contribution in [0.15, 0.2) is 24.3 Å². The van der Waals surface area contributed by atoms with Crippen molar-refractivity contribution in [3.05, 3.63) is 29.8 Å². The molecule has 8 nitrogen and oxygen atoms in total. The maximum Gasteiger partial charge on any atom is 0.408 e. The van der Waals surface area contributed by atoms with E-state index in [0.29, 0.717) is 6.42 Å². The molecule has 2 amide bonds. The van der Waals surface area contributed by atoms with Gasteiger partial charge in [0.2, 0.25) is 5.91 Å². The number of aromatic hydroxyl groups is 1. The van der Waals surface area contributed by atoms with Crippen LogP contribution in [-0.4, -0.2) is 48.4 Å². The number of alkyl carbamates (subject to hydrolysis) is 1. The van der Waals surface area contributed by atoms with Gasteiger partial charge in [0.1, 0.15) is 17.4 Å². The first-order valence-corrected chi connectivity index (χ1v) is 8.22. The van der Waals surface area contributed by atoms with Crippen molar-refractivity contribution in [2.75, 3.05) is 13.7 Å². The molecule has 0 heterocycles. The van der Waals surface area contributed by atoms with Gasteiger partial charge in [-0.15, -0.1) is 0 Å². The third-order valence-electron chi connectivity index (χ3n) is 3.26. The number of ether oxygens (including phenoxy) is 2. The minimum Gasteiger partial charge on any atom is -0.508 e. The van der Waals surface area contributed by atoms with Crippen LogP contribution in [0.2, 0.25) is 0 Å². The lowest BCUT2D eigenvalue weighted by Gasteiger charge is -2.22. The fourth-order valence-electron chi connectivity index (χ4n) is 2.01. The molecule has 0 spiro atoms. The summed E-state index contributed by atoms with van der Waals surface area (Å²) in [5.74, 6) is -0.806. The number of methoxy groups -OCH3 is 1. The van der Waals surface area contributed by atoms with Crippen molar-refractivity contribution in [3.63, 3.8) is 0 Å². The van der Waals surface area contributed by atoms with Crippen LogP contribution in [0, 0.1) is 0 Å². The minimum absolute atomic E-state index is 0.111. The van der Waals surface area contributed by atoms with Crippen LogP contribution in [0.4, 0.5) is 4.79 Å². The van der Waals surface area contributed by atoms with E-state index in [-0.39, 0.29) is 24.6 Å². The molecule has 0 saturated carbocycles. The van der Waals surface area contributed by atoms with Crippen LogP contribution in [0.5, 0.6) is 5.75 Å². The summed E-state index contributed by atoms with van der Waals surface area (Å²) in [6.45, 7) is 4.99. The molecular weight excluding hydrogens is 340 g/mol. The maximum absolute atomic E-state index is 12.0. The number of hydrogen-bond donors (Lipinski definition) is 3. The van der Waals surface area contributed by atoms with Gasteiger partial charge in [-0.05, 0) is 44.9 Å². The summed E-state index contributed by atoms with van der Waals surface area (Å²) in [6, 6.07) is 5.50. The van der Waals surface area contributed by atoms with Crippen molar-refractivity contribution >= 4 is 18.0 Å². The highest BCUT2D eigenvalue weighted by atomic mass is 16.6. The van der Waals surface area contributed by atoms with Crippen molar-refractivity contribution in [2.24, 2.45) is 0 Å². The standard InChI is InChI=1S/C18H26N2O6/c1-18(2,3)26-17(24)20-14(16(23)25-4)11-19-15(22)10-7-12-5-8-13(21)9-6-12/h5-6,8-9,14,21H,7,10-11H2,1-4H3,(H,19,22)(H,20,24). The fraction of sp³-hybridized carbons (Fsp3) is 0.500. The summed E-state index contributed by atoms with van der Waals surface area (Å²) < 4.78 is 9.73. The molecule has 0 saturated heterocycles. The van der Waals surface area contributed by atoms with Gasteiger partial charge in [-0.3, -0.25) is 4.79 Å². The summed E-state index contributed by atoms with van der Waals surface area (Å²) in [5.41, 5.74) is 0.187. The number of benzene rings is 1. The topological polar surface area (TPSA) is 114 Å². The lowest BCUT2D eigenvalue weighted by molar-refractivity contribution is -0.143. The quantitative estimate of drug-likeness (QED) is 0.630. The number of nitrogens with one attached hydrogen (secondary N) is 2. The first-order valence-electron chi connectivity index (χ1n) is 8.22. The van der Waals surface area contributed by atoms with E-state index in [1.165, 1.54) is 7.11 Å². The van der Waals surface area contributed by atoms with Crippen molar-refractivity contribution in [1.29, 1.82) is 0 Å². The van der Waals surface area contributed by atoms with Gasteiger partial charge >= 0.3 is 12.1 Å². The molecule has 8 heteroatoms. The molecule has 1 rings (SSSR count). The summed E-state index contributed by atoms with van der Waals surface area (Å²) in [7, 11) is 1.19. The number of hydrogen-bond acceptors (Lipinski definition) is 6. The van der Waals surface area contributed by atoms with Crippen LogP contribution in [0.25, 0.3) is 0 Å². The molecule has 0 aromatic heterocycles. The van der Waals surface area contributed by atoms with E-state index in [4.69, 9.17) is 4.74 Å². The van der Waals surface area contributed by atoms with Crippen LogP contribution in [0.1, 0.15) is 32.8 Å². The Labute approximate surface area is 152 Å². The Morgan fingerprint density at radius 2 is 1.77 bits per heavy atom. The number of amides is 2. The lowest BCUT2D eigenvalue weighted by atomic mass is 10.1. The average Bonchev–Trinajstić information content (AvgIpc) is 2.55. The molecular formula is C18H26N2O6. The summed E-state index contributed by atoms with van der Waals surface area (Å²) >= 11 is 0. The van der Waals surface area contributed by atoms with Gasteiger partial charge in [0.25, 0.3) is 0 Å². The Kier molecular flexibility index (Phi) is 7.89. The van der Waals surface area contributed by atoms with Crippen molar-refractivity contribution < 1.29 is 29.0 Å². The zero-order valence-electron chi connectivity index (χ0n) is 15.5. The molecule has 1 aromatic carbocycles. The van der Waals surface area contributed by atoms with E-state index in [9.17, 15) is 19.5 Å². The van der Waals surface area contributed by atoms with Gasteiger partial charge in [-0.2, -0.15) is 0 Å². The van der Waals surface area contributed by atoms with Gasteiger partial charge in [0, 0.05) is 13.0 Å². The van der Waals surface area contributed by atoms with Crippen molar-refractivity contribution in [3.8, 4) is 5.75 Å². The van der Waals surface area contributed by atoms with Crippen LogP contribution >= 0.6 is 0 Å². The molecule has 0 aliphatic carbocycles. The fourth-order valence-corrected chi connectivity index (χ4v) is 2.01. The molecule has 0 bridgehead atoms. The van der Waals surface area contributed by atoms with E-state index in [1.807, 2.05) is 0 Å². The molecule has 3 N–H and O–H groups in total. The number of rotatable bonds is 7. The Morgan fingerprint density at radius 1 is 1.15 bits per heavy atom. The summed E-state index contributed by atoms with van der Waals surface area (Å²) in [6.07, 6.45) is -0.0918. The molecule has 0 fully saturated rings. The second-order valence-corrected chi connectivity index (χ2v) is 6.69. The Hall–Kier alpha value is -2.77. The largest absolute Gasteiger partial charge is 0.508 e. The van der Waals surface area contributed by atoms with Gasteiger partial charge in [0.15, 0.2) is 0 Å². The Morgan fingerprint density at radius 3 is 2.31 bits per heavy atom. The molecule has 1 atom stereocenters. The molecule has 144 valence electrons. The van der Waals surface area contributed by atoms with E-state index >= 15 is 0 Å². The van der Waals surface area contributed by atoms with Gasteiger partial charge < -0.3 is 25.2 Å². The molecule has 0 aliphatic rings.